The molecule has 10 heteroatoms. The highest BCUT2D eigenvalue weighted by Gasteiger charge is 2.52. The van der Waals surface area contributed by atoms with Gasteiger partial charge in [-0.3, -0.25) is 14.5 Å². The molecule has 3 aliphatic rings. The highest BCUT2D eigenvalue weighted by Crippen LogP contribution is 2.38. The summed E-state index contributed by atoms with van der Waals surface area (Å²) in [6, 6.07) is 6.23. The lowest BCUT2D eigenvalue weighted by Gasteiger charge is -2.39. The monoisotopic (exact) mass is 499 g/mol. The number of carbonyl (C=O) groups is 3. The zero-order valence-electron chi connectivity index (χ0n) is 21.2. The Bertz CT molecular complexity index is 1050. The second kappa shape index (κ2) is 10.1. The first-order chi connectivity index (χ1) is 17.0. The topological polar surface area (TPSA) is 106 Å². The minimum atomic E-state index is -0.941. The molecule has 1 aromatic rings. The number of rotatable bonds is 6. The number of nitrogens with zero attached hydrogens (tertiary/aromatic N) is 4. The number of piperazine rings is 1. The van der Waals surface area contributed by atoms with Gasteiger partial charge in [0.15, 0.2) is 0 Å². The lowest BCUT2D eigenvalue weighted by molar-refractivity contribution is -0.141. The van der Waals surface area contributed by atoms with E-state index in [0.717, 1.165) is 12.0 Å². The van der Waals surface area contributed by atoms with E-state index < -0.39 is 29.8 Å². The normalized spacial score (nSPS) is 25.6. The lowest BCUT2D eigenvalue weighted by atomic mass is 10.1. The molecular weight excluding hydrogens is 465 g/mol. The molecule has 3 amide bonds. The van der Waals surface area contributed by atoms with Crippen molar-refractivity contribution in [3.63, 3.8) is 0 Å². The first kappa shape index (κ1) is 25.9. The second-order valence-electron chi connectivity index (χ2n) is 10.8. The maximum absolute atomic E-state index is 13.4. The molecule has 0 aromatic heterocycles. The van der Waals surface area contributed by atoms with Gasteiger partial charge in [-0.25, -0.2) is 9.18 Å². The average Bonchev–Trinajstić information content (AvgIpc) is 3.51. The van der Waals surface area contributed by atoms with Crippen molar-refractivity contribution in [1.82, 2.24) is 20.0 Å². The van der Waals surface area contributed by atoms with Crippen molar-refractivity contribution in [3.8, 4) is 6.07 Å². The number of alkyl carbamates (subject to hydrolysis) is 1. The van der Waals surface area contributed by atoms with Gasteiger partial charge in [-0.2, -0.15) is 5.26 Å². The van der Waals surface area contributed by atoms with Gasteiger partial charge in [0.05, 0.1) is 18.2 Å². The quantitative estimate of drug-likeness (QED) is 0.645. The van der Waals surface area contributed by atoms with Gasteiger partial charge in [0.1, 0.15) is 23.5 Å². The summed E-state index contributed by atoms with van der Waals surface area (Å²) in [6.07, 6.45) is 1.25. The fourth-order valence-electron chi connectivity index (χ4n) is 5.54. The Balaban J connectivity index is 1.47. The minimum Gasteiger partial charge on any atom is -0.444 e. The van der Waals surface area contributed by atoms with Crippen molar-refractivity contribution < 1.29 is 23.5 Å². The van der Waals surface area contributed by atoms with E-state index in [2.05, 4.69) is 11.4 Å². The van der Waals surface area contributed by atoms with Gasteiger partial charge >= 0.3 is 6.09 Å². The van der Waals surface area contributed by atoms with Gasteiger partial charge < -0.3 is 19.9 Å². The van der Waals surface area contributed by atoms with E-state index in [1.54, 1.807) is 32.9 Å². The Hall–Kier alpha value is -3.19. The lowest BCUT2D eigenvalue weighted by Crippen LogP contribution is -2.59. The standard InChI is InChI=1S/C26H34FN5O4/c1-16(17-7-9-18(27)10-8-17)32-20-12-22(24(32)34)30(14-20)15-21(29-25(35)36-26(2,3)4)23(33)31-11-5-6-19(31)13-28/h7-10,16,19-22H,5-6,11-12,14-15H2,1-4H3,(H,29,35)/t16-,19?,20-,21?,22-/m0/s1. The van der Waals surface area contributed by atoms with E-state index >= 15 is 0 Å². The third-order valence-electron chi connectivity index (χ3n) is 7.18. The highest BCUT2D eigenvalue weighted by molar-refractivity contribution is 5.88. The van der Waals surface area contributed by atoms with E-state index in [-0.39, 0.29) is 36.3 Å². The number of carbonyl (C=O) groups excluding carboxylic acids is 3. The molecule has 2 unspecified atom stereocenters. The van der Waals surface area contributed by atoms with Crippen LogP contribution in [-0.4, -0.2) is 82.0 Å². The van der Waals surface area contributed by atoms with Crippen molar-refractivity contribution in [1.29, 1.82) is 5.26 Å². The SMILES string of the molecule is C[C@@H](c1ccc(F)cc1)N1C(=O)[C@@H]2C[C@H]1CN2CC(NC(=O)OC(C)(C)C)C(=O)N1CCCC1C#N. The number of likely N-dealkylation sites (tertiary alicyclic amines) is 3. The van der Waals surface area contributed by atoms with Gasteiger partial charge in [-0.15, -0.1) is 0 Å². The van der Waals surface area contributed by atoms with Crippen LogP contribution in [0, 0.1) is 17.1 Å². The number of halogens is 1. The first-order valence-electron chi connectivity index (χ1n) is 12.5. The van der Waals surface area contributed by atoms with Crippen LogP contribution in [0.5, 0.6) is 0 Å². The first-order valence-corrected chi connectivity index (χ1v) is 12.5. The van der Waals surface area contributed by atoms with Gasteiger partial charge in [-0.1, -0.05) is 12.1 Å². The molecule has 1 aromatic carbocycles. The number of fused-ring (bicyclic) bond motifs is 2. The van der Waals surface area contributed by atoms with E-state index in [9.17, 15) is 24.0 Å². The van der Waals surface area contributed by atoms with E-state index in [4.69, 9.17) is 4.74 Å². The maximum Gasteiger partial charge on any atom is 0.408 e. The summed E-state index contributed by atoms with van der Waals surface area (Å²) < 4.78 is 18.7. The van der Waals surface area contributed by atoms with Crippen LogP contribution in [0.25, 0.3) is 0 Å². The smallest absolute Gasteiger partial charge is 0.408 e. The van der Waals surface area contributed by atoms with E-state index in [1.165, 1.54) is 17.0 Å². The third-order valence-corrected chi connectivity index (χ3v) is 7.18. The largest absolute Gasteiger partial charge is 0.444 e. The zero-order chi connectivity index (χ0) is 26.2. The van der Waals surface area contributed by atoms with Crippen LogP contribution in [0.2, 0.25) is 0 Å². The van der Waals surface area contributed by atoms with Crippen LogP contribution in [0.15, 0.2) is 24.3 Å². The Morgan fingerprint density at radius 2 is 1.97 bits per heavy atom. The molecule has 0 aliphatic carbocycles. The summed E-state index contributed by atoms with van der Waals surface area (Å²) in [4.78, 5) is 44.6. The molecular formula is C26H34FN5O4. The van der Waals surface area contributed by atoms with Crippen molar-refractivity contribution in [3.05, 3.63) is 35.6 Å². The van der Waals surface area contributed by atoms with Gasteiger partial charge in [0, 0.05) is 25.7 Å². The molecule has 3 saturated heterocycles. The van der Waals surface area contributed by atoms with Crippen LogP contribution in [0.3, 0.4) is 0 Å². The van der Waals surface area contributed by atoms with Crippen LogP contribution in [0.4, 0.5) is 9.18 Å². The van der Waals surface area contributed by atoms with Crippen LogP contribution >= 0.6 is 0 Å². The Morgan fingerprint density at radius 3 is 2.58 bits per heavy atom. The van der Waals surface area contributed by atoms with E-state index in [1.807, 2.05) is 16.7 Å². The number of ether oxygens (including phenoxy) is 1. The molecule has 3 fully saturated rings. The summed E-state index contributed by atoms with van der Waals surface area (Å²) in [5.74, 6) is -0.699. The van der Waals surface area contributed by atoms with Crippen molar-refractivity contribution in [2.75, 3.05) is 19.6 Å². The minimum absolute atomic E-state index is 0.0392. The average molecular weight is 500 g/mol. The number of hydrogen-bond acceptors (Lipinski definition) is 6. The Labute approximate surface area is 211 Å². The summed E-state index contributed by atoms with van der Waals surface area (Å²) >= 11 is 0. The van der Waals surface area contributed by atoms with Gasteiger partial charge in [-0.05, 0) is 64.7 Å². The Morgan fingerprint density at radius 1 is 1.28 bits per heavy atom. The molecule has 0 spiro atoms. The van der Waals surface area contributed by atoms with Crippen molar-refractivity contribution in [2.45, 2.75) is 82.8 Å². The fraction of sp³-hybridized carbons (Fsp3) is 0.615. The zero-order valence-corrected chi connectivity index (χ0v) is 21.2. The van der Waals surface area contributed by atoms with Gasteiger partial charge in [0.2, 0.25) is 11.8 Å². The molecule has 0 saturated carbocycles. The van der Waals surface area contributed by atoms with Crippen molar-refractivity contribution >= 4 is 17.9 Å². The predicted octanol–water partition coefficient (Wildman–Crippen LogP) is 2.58. The number of hydrogen-bond donors (Lipinski definition) is 1. The number of benzene rings is 1. The van der Waals surface area contributed by atoms with Crippen LogP contribution < -0.4 is 5.32 Å². The molecule has 3 heterocycles. The summed E-state index contributed by atoms with van der Waals surface area (Å²) in [5, 5.41) is 12.2. The predicted molar refractivity (Wildman–Crippen MR) is 129 cm³/mol. The molecule has 1 N–H and O–H groups in total. The van der Waals surface area contributed by atoms with Gasteiger partial charge in [0.25, 0.3) is 0 Å². The molecule has 0 radical (unpaired) electrons. The summed E-state index contributed by atoms with van der Waals surface area (Å²) in [6.45, 7) is 8.32. The van der Waals surface area contributed by atoms with Crippen LogP contribution in [0.1, 0.15) is 58.6 Å². The molecule has 3 aliphatic heterocycles. The van der Waals surface area contributed by atoms with E-state index in [0.29, 0.717) is 25.9 Å². The maximum atomic E-state index is 13.4. The number of nitriles is 1. The molecule has 194 valence electrons. The Kier molecular flexibility index (Phi) is 7.23. The molecule has 5 atom stereocenters. The molecule has 4 rings (SSSR count). The third kappa shape index (κ3) is 5.31. The highest BCUT2D eigenvalue weighted by atomic mass is 19.1. The fourth-order valence-corrected chi connectivity index (χ4v) is 5.54. The summed E-state index contributed by atoms with van der Waals surface area (Å²) in [5.41, 5.74) is 0.125. The molecule has 9 nitrogen and oxygen atoms in total. The number of nitrogens with one attached hydrogen (secondary N) is 1. The second-order valence-corrected chi connectivity index (χ2v) is 10.8. The number of amides is 3. The van der Waals surface area contributed by atoms with Crippen LogP contribution in [-0.2, 0) is 14.3 Å². The summed E-state index contributed by atoms with van der Waals surface area (Å²) in [7, 11) is 0. The van der Waals surface area contributed by atoms with Crippen molar-refractivity contribution in [2.24, 2.45) is 0 Å². The molecule has 36 heavy (non-hydrogen) atoms. The molecule has 2 bridgehead atoms.